The number of likely N-dealkylation sites (N-methyl/N-ethyl adjacent to an activating group) is 1. The van der Waals surface area contributed by atoms with E-state index in [1.54, 1.807) is 20.9 Å². The molecule has 2 amide bonds. The zero-order valence-electron chi connectivity index (χ0n) is 11.8. The number of urea groups is 1. The Morgan fingerprint density at radius 2 is 1.84 bits per heavy atom. The van der Waals surface area contributed by atoms with Crippen LogP contribution in [-0.2, 0) is 4.79 Å². The van der Waals surface area contributed by atoms with Gasteiger partial charge in [0.1, 0.15) is 6.04 Å². The minimum atomic E-state index is -1.05. The highest BCUT2D eigenvalue weighted by Crippen LogP contribution is 2.29. The van der Waals surface area contributed by atoms with Crippen LogP contribution in [0.3, 0.4) is 0 Å². The molecule has 1 saturated carbocycles. The number of aliphatic hydroxyl groups is 1. The molecule has 1 aliphatic rings. The van der Waals surface area contributed by atoms with Crippen LogP contribution in [-0.4, -0.2) is 52.3 Å². The van der Waals surface area contributed by atoms with Crippen molar-refractivity contribution in [3.8, 4) is 0 Å². The molecule has 0 aromatic carbocycles. The lowest BCUT2D eigenvalue weighted by Gasteiger charge is -2.30. The molecule has 0 bridgehead atoms. The van der Waals surface area contributed by atoms with Gasteiger partial charge in [-0.1, -0.05) is 26.7 Å². The third-order valence-electron chi connectivity index (χ3n) is 3.62. The van der Waals surface area contributed by atoms with E-state index < -0.39 is 23.6 Å². The molecule has 1 rings (SSSR count). The number of nitrogens with one attached hydrogen (secondary N) is 1. The number of nitrogens with zero attached hydrogens (tertiary/aromatic N) is 1. The molecule has 1 aliphatic carbocycles. The predicted molar refractivity (Wildman–Crippen MR) is 70.8 cm³/mol. The van der Waals surface area contributed by atoms with Crippen molar-refractivity contribution in [3.63, 3.8) is 0 Å². The molecule has 1 atom stereocenters. The van der Waals surface area contributed by atoms with Crippen LogP contribution in [0.4, 0.5) is 4.79 Å². The van der Waals surface area contributed by atoms with Gasteiger partial charge in [0.2, 0.25) is 0 Å². The fourth-order valence-corrected chi connectivity index (χ4v) is 2.46. The zero-order valence-corrected chi connectivity index (χ0v) is 11.8. The second kappa shape index (κ2) is 6.23. The molecule has 1 unspecified atom stereocenters. The van der Waals surface area contributed by atoms with E-state index in [2.05, 4.69) is 5.32 Å². The van der Waals surface area contributed by atoms with E-state index in [-0.39, 0.29) is 12.5 Å². The number of carboxylic acids is 1. The number of hydrogen-bond donors (Lipinski definition) is 3. The Morgan fingerprint density at radius 1 is 1.32 bits per heavy atom. The third kappa shape index (κ3) is 4.38. The maximum absolute atomic E-state index is 11.9. The van der Waals surface area contributed by atoms with E-state index >= 15 is 0 Å². The molecule has 0 radical (unpaired) electrons. The average Bonchev–Trinajstić information content (AvgIpc) is 2.71. The van der Waals surface area contributed by atoms with Crippen LogP contribution in [0.15, 0.2) is 0 Å². The monoisotopic (exact) mass is 272 g/mol. The van der Waals surface area contributed by atoms with E-state index in [0.717, 1.165) is 12.8 Å². The summed E-state index contributed by atoms with van der Waals surface area (Å²) in [5.41, 5.74) is -0.817. The summed E-state index contributed by atoms with van der Waals surface area (Å²) in [5, 5.41) is 21.7. The van der Waals surface area contributed by atoms with E-state index in [1.165, 1.54) is 4.90 Å². The smallest absolute Gasteiger partial charge is 0.326 e. The summed E-state index contributed by atoms with van der Waals surface area (Å²) in [7, 11) is 1.57. The van der Waals surface area contributed by atoms with Gasteiger partial charge in [-0.15, -0.1) is 0 Å². The maximum Gasteiger partial charge on any atom is 0.326 e. The second-order valence-electron chi connectivity index (χ2n) is 5.80. The topological polar surface area (TPSA) is 89.9 Å². The van der Waals surface area contributed by atoms with Gasteiger partial charge >= 0.3 is 12.0 Å². The Labute approximate surface area is 113 Å². The summed E-state index contributed by atoms with van der Waals surface area (Å²) >= 11 is 0. The highest BCUT2D eigenvalue weighted by Gasteiger charge is 2.34. The van der Waals surface area contributed by atoms with E-state index in [1.807, 2.05) is 0 Å². The molecule has 19 heavy (non-hydrogen) atoms. The van der Waals surface area contributed by atoms with E-state index in [0.29, 0.717) is 12.8 Å². The second-order valence-corrected chi connectivity index (χ2v) is 5.80. The SMILES string of the molecule is CC(C)C(NC(=O)N(C)CC1(O)CCCC1)C(=O)O. The first-order chi connectivity index (χ1) is 8.75. The fraction of sp³-hybridized carbons (Fsp3) is 0.846. The fourth-order valence-electron chi connectivity index (χ4n) is 2.46. The highest BCUT2D eigenvalue weighted by atomic mass is 16.4. The number of rotatable bonds is 5. The minimum Gasteiger partial charge on any atom is -0.480 e. The average molecular weight is 272 g/mol. The van der Waals surface area contributed by atoms with Crippen molar-refractivity contribution in [1.82, 2.24) is 10.2 Å². The molecule has 0 aromatic heterocycles. The minimum absolute atomic E-state index is 0.190. The number of carbonyl (C=O) groups is 2. The molecule has 6 heteroatoms. The van der Waals surface area contributed by atoms with Gasteiger partial charge < -0.3 is 20.4 Å². The number of carboxylic acid groups (broad SMARTS) is 1. The standard InChI is InChI=1S/C13H24N2O4/c1-9(2)10(11(16)17)14-12(18)15(3)8-13(19)6-4-5-7-13/h9-10,19H,4-8H2,1-3H3,(H,14,18)(H,16,17). The molecule has 1 fully saturated rings. The van der Waals surface area contributed by atoms with Crippen molar-refractivity contribution in [2.45, 2.75) is 51.2 Å². The van der Waals surface area contributed by atoms with Crippen LogP contribution >= 0.6 is 0 Å². The summed E-state index contributed by atoms with van der Waals surface area (Å²) in [6.45, 7) is 3.72. The van der Waals surface area contributed by atoms with Gasteiger partial charge in [0.05, 0.1) is 12.1 Å². The predicted octanol–water partition coefficient (Wildman–Crippen LogP) is 1.04. The number of hydrogen-bond acceptors (Lipinski definition) is 3. The zero-order chi connectivity index (χ0) is 14.6. The first-order valence-corrected chi connectivity index (χ1v) is 6.72. The Balaban J connectivity index is 2.54. The molecular formula is C13H24N2O4. The van der Waals surface area contributed by atoms with Crippen LogP contribution < -0.4 is 5.32 Å². The molecule has 0 saturated heterocycles. The van der Waals surface area contributed by atoms with Crippen LogP contribution in [0, 0.1) is 5.92 Å². The Bertz CT molecular complexity index is 338. The lowest BCUT2D eigenvalue weighted by molar-refractivity contribution is -0.140. The maximum atomic E-state index is 11.9. The molecule has 0 spiro atoms. The summed E-state index contributed by atoms with van der Waals surface area (Å²) in [6, 6.07) is -1.37. The lowest BCUT2D eigenvalue weighted by Crippen LogP contribution is -2.52. The molecule has 110 valence electrons. The Morgan fingerprint density at radius 3 is 2.26 bits per heavy atom. The van der Waals surface area contributed by atoms with E-state index in [4.69, 9.17) is 5.11 Å². The molecular weight excluding hydrogens is 248 g/mol. The summed E-state index contributed by atoms with van der Waals surface area (Å²) in [4.78, 5) is 24.3. The van der Waals surface area contributed by atoms with Crippen molar-refractivity contribution in [3.05, 3.63) is 0 Å². The van der Waals surface area contributed by atoms with Gasteiger partial charge in [0.25, 0.3) is 0 Å². The lowest BCUT2D eigenvalue weighted by atomic mass is 10.0. The molecule has 0 aliphatic heterocycles. The van der Waals surface area contributed by atoms with Gasteiger partial charge in [0, 0.05) is 7.05 Å². The largest absolute Gasteiger partial charge is 0.480 e. The quantitative estimate of drug-likeness (QED) is 0.697. The normalized spacial score (nSPS) is 19.2. The number of aliphatic carboxylic acids is 1. The van der Waals surface area contributed by atoms with Gasteiger partial charge in [-0.05, 0) is 18.8 Å². The Kier molecular flexibility index (Phi) is 5.17. The van der Waals surface area contributed by atoms with Gasteiger partial charge in [-0.2, -0.15) is 0 Å². The summed E-state index contributed by atoms with van der Waals surface area (Å²) in [6.07, 6.45) is 3.32. The van der Waals surface area contributed by atoms with Crippen molar-refractivity contribution < 1.29 is 19.8 Å². The van der Waals surface area contributed by atoms with Crippen molar-refractivity contribution in [2.75, 3.05) is 13.6 Å². The van der Waals surface area contributed by atoms with Crippen LogP contribution in [0.1, 0.15) is 39.5 Å². The van der Waals surface area contributed by atoms with Crippen LogP contribution in [0.25, 0.3) is 0 Å². The van der Waals surface area contributed by atoms with Crippen LogP contribution in [0.2, 0.25) is 0 Å². The van der Waals surface area contributed by atoms with E-state index in [9.17, 15) is 14.7 Å². The van der Waals surface area contributed by atoms with Crippen molar-refractivity contribution in [2.24, 2.45) is 5.92 Å². The van der Waals surface area contributed by atoms with Gasteiger partial charge in [-0.3, -0.25) is 0 Å². The third-order valence-corrected chi connectivity index (χ3v) is 3.62. The van der Waals surface area contributed by atoms with Gasteiger partial charge in [0.15, 0.2) is 0 Å². The summed E-state index contributed by atoms with van der Waals surface area (Å²) < 4.78 is 0. The van der Waals surface area contributed by atoms with Gasteiger partial charge in [-0.25, -0.2) is 9.59 Å². The molecule has 0 aromatic rings. The Hall–Kier alpha value is -1.30. The number of amides is 2. The van der Waals surface area contributed by atoms with Crippen molar-refractivity contribution >= 4 is 12.0 Å². The summed E-state index contributed by atoms with van der Waals surface area (Å²) in [5.74, 6) is -1.24. The van der Waals surface area contributed by atoms with Crippen LogP contribution in [0.5, 0.6) is 0 Å². The number of carbonyl (C=O) groups excluding carboxylic acids is 1. The van der Waals surface area contributed by atoms with Crippen molar-refractivity contribution in [1.29, 1.82) is 0 Å². The first-order valence-electron chi connectivity index (χ1n) is 6.72. The highest BCUT2D eigenvalue weighted by molar-refractivity contribution is 5.82. The molecule has 0 heterocycles. The molecule has 3 N–H and O–H groups in total. The molecule has 6 nitrogen and oxygen atoms in total. The first kappa shape index (κ1) is 15.8.